The van der Waals surface area contributed by atoms with Crippen LogP contribution in [0.1, 0.15) is 30.3 Å². The Balaban J connectivity index is 1.97. The van der Waals surface area contributed by atoms with Crippen molar-refractivity contribution in [3.8, 4) is 0 Å². The summed E-state index contributed by atoms with van der Waals surface area (Å²) in [5.41, 5.74) is 0.694. The lowest BCUT2D eigenvalue weighted by Crippen LogP contribution is -2.30. The molecule has 6 heteroatoms. The molecule has 0 aliphatic carbocycles. The van der Waals surface area contributed by atoms with E-state index >= 15 is 0 Å². The zero-order chi connectivity index (χ0) is 14.2. The Labute approximate surface area is 118 Å². The van der Waals surface area contributed by atoms with Crippen LogP contribution < -0.4 is 0 Å². The second-order valence-corrected chi connectivity index (χ2v) is 6.84. The lowest BCUT2D eigenvalue weighted by molar-refractivity contribution is 0.349. The molecule has 1 aromatic carbocycles. The van der Waals surface area contributed by atoms with Gasteiger partial charge in [-0.25, -0.2) is 8.42 Å². The van der Waals surface area contributed by atoms with Crippen molar-refractivity contribution in [2.45, 2.75) is 30.7 Å². The van der Waals surface area contributed by atoms with Gasteiger partial charge in [-0.05, 0) is 31.9 Å². The van der Waals surface area contributed by atoms with Crippen molar-refractivity contribution in [2.75, 3.05) is 6.54 Å². The fourth-order valence-electron chi connectivity index (χ4n) is 2.59. The van der Waals surface area contributed by atoms with Crippen LogP contribution in [0.4, 0.5) is 0 Å². The van der Waals surface area contributed by atoms with Crippen LogP contribution in [0.5, 0.6) is 0 Å². The third kappa shape index (κ3) is 2.25. The number of hydrogen-bond donors (Lipinski definition) is 0. The minimum atomic E-state index is -3.48. The Kier molecular flexibility index (Phi) is 3.35. The smallest absolute Gasteiger partial charge is 0.243 e. The van der Waals surface area contributed by atoms with Gasteiger partial charge in [0.1, 0.15) is 11.5 Å². The normalized spacial score (nSPS) is 20.4. The van der Waals surface area contributed by atoms with Gasteiger partial charge in [-0.1, -0.05) is 23.4 Å². The van der Waals surface area contributed by atoms with Crippen LogP contribution in [0.3, 0.4) is 0 Å². The van der Waals surface area contributed by atoms with Gasteiger partial charge in [0.15, 0.2) is 0 Å². The summed E-state index contributed by atoms with van der Waals surface area (Å²) in [6.07, 6.45) is 1.61. The molecule has 5 nitrogen and oxygen atoms in total. The summed E-state index contributed by atoms with van der Waals surface area (Å²) >= 11 is 0. The minimum absolute atomic E-state index is 0.224. The molecule has 3 rings (SSSR count). The molecule has 0 bridgehead atoms. The Morgan fingerprint density at radius 3 is 2.70 bits per heavy atom. The van der Waals surface area contributed by atoms with Crippen LogP contribution in [-0.4, -0.2) is 24.4 Å². The molecule has 1 fully saturated rings. The van der Waals surface area contributed by atoms with Crippen molar-refractivity contribution in [2.24, 2.45) is 0 Å². The van der Waals surface area contributed by atoms with E-state index in [4.69, 9.17) is 4.52 Å². The van der Waals surface area contributed by atoms with E-state index in [2.05, 4.69) is 5.16 Å². The highest BCUT2D eigenvalue weighted by Crippen LogP contribution is 2.36. The van der Waals surface area contributed by atoms with E-state index in [-0.39, 0.29) is 6.04 Å². The third-order valence-corrected chi connectivity index (χ3v) is 5.46. The number of aryl methyl sites for hydroxylation is 1. The summed E-state index contributed by atoms with van der Waals surface area (Å²) in [6.45, 7) is 2.33. The summed E-state index contributed by atoms with van der Waals surface area (Å²) in [6, 6.07) is 10.1. The SMILES string of the molecule is Cc1cc(C2CCCN2S(=O)(=O)c2ccccc2)no1. The van der Waals surface area contributed by atoms with E-state index in [1.165, 1.54) is 4.31 Å². The van der Waals surface area contributed by atoms with Crippen LogP contribution in [0, 0.1) is 6.92 Å². The number of hydrogen-bond acceptors (Lipinski definition) is 4. The van der Waals surface area contributed by atoms with Crippen molar-refractivity contribution in [1.29, 1.82) is 0 Å². The van der Waals surface area contributed by atoms with E-state index in [1.807, 2.05) is 19.1 Å². The topological polar surface area (TPSA) is 63.4 Å². The molecule has 1 saturated heterocycles. The molecule has 2 heterocycles. The number of nitrogens with zero attached hydrogens (tertiary/aromatic N) is 2. The molecule has 0 saturated carbocycles. The lowest BCUT2D eigenvalue weighted by Gasteiger charge is -2.22. The maximum absolute atomic E-state index is 12.7. The maximum Gasteiger partial charge on any atom is 0.243 e. The lowest BCUT2D eigenvalue weighted by atomic mass is 10.1. The summed E-state index contributed by atoms with van der Waals surface area (Å²) in [7, 11) is -3.48. The first kappa shape index (κ1) is 13.3. The molecule has 2 aromatic rings. The Morgan fingerprint density at radius 1 is 1.30 bits per heavy atom. The Morgan fingerprint density at radius 2 is 2.05 bits per heavy atom. The molecule has 1 aliphatic heterocycles. The summed E-state index contributed by atoms with van der Waals surface area (Å²) in [4.78, 5) is 0.326. The average Bonchev–Trinajstić information content (AvgIpc) is 3.08. The second kappa shape index (κ2) is 5.03. The van der Waals surface area contributed by atoms with Crippen LogP contribution in [0.25, 0.3) is 0 Å². The van der Waals surface area contributed by atoms with Crippen LogP contribution in [-0.2, 0) is 10.0 Å². The molecule has 0 spiro atoms. The molecule has 0 radical (unpaired) electrons. The fourth-order valence-corrected chi connectivity index (χ4v) is 4.28. The molecule has 1 unspecified atom stereocenters. The summed E-state index contributed by atoms with van der Waals surface area (Å²) in [5.74, 6) is 0.698. The van der Waals surface area contributed by atoms with Crippen molar-refractivity contribution in [1.82, 2.24) is 9.46 Å². The number of rotatable bonds is 3. The van der Waals surface area contributed by atoms with Gasteiger partial charge < -0.3 is 4.52 Å². The van der Waals surface area contributed by atoms with E-state index in [9.17, 15) is 8.42 Å². The van der Waals surface area contributed by atoms with Gasteiger partial charge in [0.25, 0.3) is 0 Å². The third-order valence-electron chi connectivity index (χ3n) is 3.54. The molecule has 1 aromatic heterocycles. The molecule has 1 aliphatic rings. The fraction of sp³-hybridized carbons (Fsp3) is 0.357. The van der Waals surface area contributed by atoms with E-state index < -0.39 is 10.0 Å². The highest BCUT2D eigenvalue weighted by Gasteiger charge is 2.37. The van der Waals surface area contributed by atoms with Gasteiger partial charge in [0, 0.05) is 12.6 Å². The van der Waals surface area contributed by atoms with E-state index in [0.717, 1.165) is 12.8 Å². The van der Waals surface area contributed by atoms with Gasteiger partial charge in [-0.15, -0.1) is 0 Å². The zero-order valence-corrected chi connectivity index (χ0v) is 12.0. The van der Waals surface area contributed by atoms with Gasteiger partial charge >= 0.3 is 0 Å². The van der Waals surface area contributed by atoms with Crippen LogP contribution in [0.15, 0.2) is 45.8 Å². The Bertz CT molecular complexity index is 694. The monoisotopic (exact) mass is 292 g/mol. The highest BCUT2D eigenvalue weighted by molar-refractivity contribution is 7.89. The minimum Gasteiger partial charge on any atom is -0.361 e. The van der Waals surface area contributed by atoms with Gasteiger partial charge in [-0.3, -0.25) is 0 Å². The predicted molar refractivity (Wildman–Crippen MR) is 73.5 cm³/mol. The quantitative estimate of drug-likeness (QED) is 0.872. The average molecular weight is 292 g/mol. The molecule has 106 valence electrons. The first-order valence-electron chi connectivity index (χ1n) is 6.59. The maximum atomic E-state index is 12.7. The van der Waals surface area contributed by atoms with Crippen molar-refractivity contribution >= 4 is 10.0 Å². The van der Waals surface area contributed by atoms with E-state index in [1.54, 1.807) is 24.3 Å². The first-order valence-corrected chi connectivity index (χ1v) is 8.03. The largest absolute Gasteiger partial charge is 0.361 e. The molecule has 0 N–H and O–H groups in total. The summed E-state index contributed by atoms with van der Waals surface area (Å²) < 4.78 is 32.0. The predicted octanol–water partition coefficient (Wildman–Crippen LogP) is 2.51. The molecule has 20 heavy (non-hydrogen) atoms. The second-order valence-electron chi connectivity index (χ2n) is 4.95. The summed E-state index contributed by atoms with van der Waals surface area (Å²) in [5, 5.41) is 3.97. The van der Waals surface area contributed by atoms with Gasteiger partial charge in [-0.2, -0.15) is 4.31 Å². The highest BCUT2D eigenvalue weighted by atomic mass is 32.2. The molecular formula is C14H16N2O3S. The van der Waals surface area contributed by atoms with Crippen molar-refractivity contribution < 1.29 is 12.9 Å². The number of benzene rings is 1. The molecule has 1 atom stereocenters. The standard InChI is InChI=1S/C14H16N2O3S/c1-11-10-13(15-19-11)14-8-5-9-16(14)20(17,18)12-6-3-2-4-7-12/h2-4,6-7,10,14H,5,8-9H2,1H3. The number of sulfonamides is 1. The van der Waals surface area contributed by atoms with Gasteiger partial charge in [0.05, 0.1) is 10.9 Å². The zero-order valence-electron chi connectivity index (χ0n) is 11.2. The molecular weight excluding hydrogens is 276 g/mol. The van der Waals surface area contributed by atoms with Crippen LogP contribution >= 0.6 is 0 Å². The van der Waals surface area contributed by atoms with Gasteiger partial charge in [0.2, 0.25) is 10.0 Å². The molecule has 0 amide bonds. The van der Waals surface area contributed by atoms with E-state index in [0.29, 0.717) is 22.9 Å². The van der Waals surface area contributed by atoms with Crippen molar-refractivity contribution in [3.05, 3.63) is 47.9 Å². The number of aromatic nitrogens is 1. The Hall–Kier alpha value is -1.66. The van der Waals surface area contributed by atoms with Crippen LogP contribution in [0.2, 0.25) is 0 Å². The first-order chi connectivity index (χ1) is 9.59. The van der Waals surface area contributed by atoms with Crippen molar-refractivity contribution in [3.63, 3.8) is 0 Å².